The molecule has 7 heteroatoms. The summed E-state index contributed by atoms with van der Waals surface area (Å²) in [6.45, 7) is 7.19. The number of nitrogens with two attached hydrogens (primary N) is 1. The minimum atomic E-state index is -2.92. The van der Waals surface area contributed by atoms with Crippen LogP contribution in [0.5, 0.6) is 0 Å². The fourth-order valence-corrected chi connectivity index (χ4v) is 4.68. The number of anilines is 1. The van der Waals surface area contributed by atoms with E-state index in [2.05, 4.69) is 9.94 Å². The highest BCUT2D eigenvalue weighted by Gasteiger charge is 2.32. The summed E-state index contributed by atoms with van der Waals surface area (Å²) < 4.78 is 25.2. The van der Waals surface area contributed by atoms with Gasteiger partial charge in [0, 0.05) is 6.20 Å². The van der Waals surface area contributed by atoms with Gasteiger partial charge in [-0.05, 0) is 24.3 Å². The lowest BCUT2D eigenvalue weighted by molar-refractivity contribution is 0.326. The first-order chi connectivity index (χ1) is 11.0. The monoisotopic (exact) mass is 330 g/mol. The van der Waals surface area contributed by atoms with E-state index in [1.165, 1.54) is 0 Å². The van der Waals surface area contributed by atoms with Gasteiger partial charge in [-0.3, -0.25) is 4.68 Å². The van der Waals surface area contributed by atoms with Gasteiger partial charge in [0.1, 0.15) is 9.84 Å². The molecule has 1 aromatic carbocycles. The summed E-state index contributed by atoms with van der Waals surface area (Å²) in [5.74, 6) is 0.555. The fourth-order valence-electron chi connectivity index (χ4n) is 3.15. The van der Waals surface area contributed by atoms with Crippen LogP contribution in [0.2, 0.25) is 0 Å². The third-order valence-electron chi connectivity index (χ3n) is 4.29. The lowest BCUT2D eigenvalue weighted by Crippen LogP contribution is -2.30. The smallest absolute Gasteiger partial charge is 0.187 e. The molecule has 0 radical (unpaired) electrons. The van der Waals surface area contributed by atoms with Crippen molar-refractivity contribution in [3.8, 4) is 0 Å². The highest BCUT2D eigenvalue weighted by atomic mass is 32.2. The van der Waals surface area contributed by atoms with Gasteiger partial charge in [-0.25, -0.2) is 13.3 Å². The average molecular weight is 330 g/mol. The summed E-state index contributed by atoms with van der Waals surface area (Å²) >= 11 is 0. The Morgan fingerprint density at radius 2 is 2.09 bits per heavy atom. The van der Waals surface area contributed by atoms with Gasteiger partial charge < -0.3 is 5.73 Å². The Bertz CT molecular complexity index is 837. The highest BCUT2D eigenvalue weighted by Crippen LogP contribution is 2.36. The second kappa shape index (κ2) is 6.05. The van der Waals surface area contributed by atoms with Crippen molar-refractivity contribution in [2.75, 3.05) is 17.2 Å². The summed E-state index contributed by atoms with van der Waals surface area (Å²) in [4.78, 5) is 3.48. The quantitative estimate of drug-likeness (QED) is 0.876. The van der Waals surface area contributed by atoms with Gasteiger partial charge in [0.05, 0.1) is 36.0 Å². The first-order valence-electron chi connectivity index (χ1n) is 7.46. The second-order valence-corrected chi connectivity index (χ2v) is 8.20. The zero-order chi connectivity index (χ0) is 16.4. The molecule has 0 bridgehead atoms. The molecule has 23 heavy (non-hydrogen) atoms. The van der Waals surface area contributed by atoms with Crippen molar-refractivity contribution in [2.45, 2.75) is 18.9 Å². The molecule has 3 rings (SSSR count). The van der Waals surface area contributed by atoms with Crippen LogP contribution in [0, 0.1) is 12.5 Å². The maximum absolute atomic E-state index is 11.7. The van der Waals surface area contributed by atoms with Crippen LogP contribution in [-0.4, -0.2) is 29.7 Å². The van der Waals surface area contributed by atoms with Crippen molar-refractivity contribution in [1.29, 1.82) is 0 Å². The van der Waals surface area contributed by atoms with Crippen molar-refractivity contribution < 1.29 is 8.42 Å². The van der Waals surface area contributed by atoms with E-state index in [1.54, 1.807) is 23.1 Å². The molecular formula is C16H18N4O2S. The molecule has 0 spiro atoms. The first kappa shape index (κ1) is 15.6. The standard InChI is InChI=1S/C16H18N4O2S/c1-18-15-4-2-3-13(9-15)16(20-11-14(17)10-19-20)12-5-7-23(21,22)8-6-12/h2-4,9-12,16H,5-8,17H2. The van der Waals surface area contributed by atoms with Crippen molar-refractivity contribution >= 4 is 21.2 Å². The van der Waals surface area contributed by atoms with Crippen LogP contribution in [0.3, 0.4) is 0 Å². The average Bonchev–Trinajstić information content (AvgIpc) is 2.95. The van der Waals surface area contributed by atoms with Crippen molar-refractivity contribution in [1.82, 2.24) is 9.78 Å². The molecule has 1 aliphatic heterocycles. The number of nitrogen functional groups attached to an aromatic ring is 1. The van der Waals surface area contributed by atoms with Gasteiger partial charge in [0.25, 0.3) is 0 Å². The molecule has 1 fully saturated rings. The number of rotatable bonds is 3. The van der Waals surface area contributed by atoms with Crippen LogP contribution >= 0.6 is 0 Å². The van der Waals surface area contributed by atoms with E-state index in [9.17, 15) is 8.42 Å². The largest absolute Gasteiger partial charge is 0.396 e. The molecular weight excluding hydrogens is 312 g/mol. The molecule has 120 valence electrons. The lowest BCUT2D eigenvalue weighted by Gasteiger charge is -2.31. The van der Waals surface area contributed by atoms with Crippen LogP contribution in [0.25, 0.3) is 4.85 Å². The predicted octanol–water partition coefficient (Wildman–Crippen LogP) is 2.43. The van der Waals surface area contributed by atoms with E-state index in [0.29, 0.717) is 24.2 Å². The number of benzene rings is 1. The van der Waals surface area contributed by atoms with Crippen LogP contribution in [-0.2, 0) is 9.84 Å². The minimum absolute atomic E-state index is 0.107. The van der Waals surface area contributed by atoms with Crippen LogP contribution in [0.4, 0.5) is 11.4 Å². The van der Waals surface area contributed by atoms with E-state index in [0.717, 1.165) is 5.56 Å². The maximum atomic E-state index is 11.7. The Labute approximate surface area is 135 Å². The topological polar surface area (TPSA) is 82.3 Å². The van der Waals surface area contributed by atoms with Crippen molar-refractivity contribution in [3.05, 3.63) is 53.6 Å². The Balaban J connectivity index is 1.99. The van der Waals surface area contributed by atoms with Gasteiger partial charge in [-0.15, -0.1) is 0 Å². The molecule has 6 nitrogen and oxygen atoms in total. The summed E-state index contributed by atoms with van der Waals surface area (Å²) in [6, 6.07) is 7.31. The molecule has 2 N–H and O–H groups in total. The van der Waals surface area contributed by atoms with Crippen LogP contribution < -0.4 is 5.73 Å². The predicted molar refractivity (Wildman–Crippen MR) is 88.9 cm³/mol. The molecule has 2 aromatic rings. The Hall–Kier alpha value is -2.33. The summed E-state index contributed by atoms with van der Waals surface area (Å²) in [7, 11) is -2.92. The second-order valence-electron chi connectivity index (χ2n) is 5.89. The lowest BCUT2D eigenvalue weighted by atomic mass is 9.88. The van der Waals surface area contributed by atoms with Crippen molar-refractivity contribution in [3.63, 3.8) is 0 Å². The zero-order valence-electron chi connectivity index (χ0n) is 12.6. The minimum Gasteiger partial charge on any atom is -0.396 e. The van der Waals surface area contributed by atoms with Gasteiger partial charge in [0.2, 0.25) is 0 Å². The molecule has 2 heterocycles. The summed E-state index contributed by atoms with van der Waals surface area (Å²) in [5.41, 5.74) is 7.89. The molecule has 0 aliphatic carbocycles. The van der Waals surface area contributed by atoms with Gasteiger partial charge >= 0.3 is 0 Å². The third kappa shape index (κ3) is 3.37. The summed E-state index contributed by atoms with van der Waals surface area (Å²) in [5, 5.41) is 4.32. The Kier molecular flexibility index (Phi) is 4.09. The van der Waals surface area contributed by atoms with E-state index in [4.69, 9.17) is 12.3 Å². The van der Waals surface area contributed by atoms with E-state index < -0.39 is 9.84 Å². The number of aromatic nitrogens is 2. The number of sulfone groups is 1. The molecule has 1 aromatic heterocycles. The third-order valence-corrected chi connectivity index (χ3v) is 6.01. The van der Waals surface area contributed by atoms with E-state index in [-0.39, 0.29) is 23.5 Å². The molecule has 1 unspecified atom stereocenters. The maximum Gasteiger partial charge on any atom is 0.187 e. The zero-order valence-corrected chi connectivity index (χ0v) is 13.4. The van der Waals surface area contributed by atoms with Crippen molar-refractivity contribution in [2.24, 2.45) is 5.92 Å². The van der Waals surface area contributed by atoms with Gasteiger partial charge in [0.15, 0.2) is 5.69 Å². The SMILES string of the molecule is [C-]#[N+]c1cccc(C(C2CCS(=O)(=O)CC2)n2cc(N)cn2)c1. The van der Waals surface area contributed by atoms with Crippen LogP contribution in [0.15, 0.2) is 36.7 Å². The first-order valence-corrected chi connectivity index (χ1v) is 9.28. The molecule has 0 amide bonds. The van der Waals surface area contributed by atoms with E-state index in [1.807, 2.05) is 18.2 Å². The normalized spacial score (nSPS) is 19.1. The fraction of sp³-hybridized carbons (Fsp3) is 0.375. The Morgan fingerprint density at radius 1 is 1.35 bits per heavy atom. The number of hydrogen-bond acceptors (Lipinski definition) is 4. The summed E-state index contributed by atoms with van der Waals surface area (Å²) in [6.07, 6.45) is 4.54. The molecule has 0 saturated carbocycles. The number of nitrogens with zero attached hydrogens (tertiary/aromatic N) is 3. The van der Waals surface area contributed by atoms with E-state index >= 15 is 0 Å². The molecule has 1 atom stereocenters. The Morgan fingerprint density at radius 3 is 2.70 bits per heavy atom. The van der Waals surface area contributed by atoms with Gasteiger partial charge in [-0.2, -0.15) is 5.10 Å². The molecule has 1 aliphatic rings. The van der Waals surface area contributed by atoms with Crippen LogP contribution in [0.1, 0.15) is 24.4 Å². The van der Waals surface area contributed by atoms with Gasteiger partial charge in [-0.1, -0.05) is 24.3 Å². The highest BCUT2D eigenvalue weighted by molar-refractivity contribution is 7.91. The molecule has 1 saturated heterocycles. The number of hydrogen-bond donors (Lipinski definition) is 1.